The highest BCUT2D eigenvalue weighted by Crippen LogP contribution is 2.27. The number of methoxy groups -OCH3 is 1. The lowest BCUT2D eigenvalue weighted by Gasteiger charge is -2.19. The van der Waals surface area contributed by atoms with Gasteiger partial charge in [-0.25, -0.2) is 0 Å². The summed E-state index contributed by atoms with van der Waals surface area (Å²) < 4.78 is 4.95. The second kappa shape index (κ2) is 5.23. The maximum absolute atomic E-state index is 8.98. The van der Waals surface area contributed by atoms with Gasteiger partial charge in [0.25, 0.3) is 0 Å². The summed E-state index contributed by atoms with van der Waals surface area (Å²) in [5, 5.41) is 17.0. The van der Waals surface area contributed by atoms with Gasteiger partial charge in [-0.15, -0.1) is 5.10 Å². The van der Waals surface area contributed by atoms with Crippen LogP contribution in [-0.4, -0.2) is 46.5 Å². The number of hydrogen-bond acceptors (Lipinski definition) is 5. The first-order valence-corrected chi connectivity index (χ1v) is 5.55. The third-order valence-electron chi connectivity index (χ3n) is 2.72. The van der Waals surface area contributed by atoms with Crippen LogP contribution in [0.5, 0.6) is 5.88 Å². The van der Waals surface area contributed by atoms with E-state index >= 15 is 0 Å². The topological polar surface area (TPSA) is 58.5 Å². The smallest absolute Gasteiger partial charge is 0.233 e. The van der Waals surface area contributed by atoms with Crippen molar-refractivity contribution in [3.63, 3.8) is 0 Å². The van der Waals surface area contributed by atoms with E-state index in [9.17, 15) is 0 Å². The van der Waals surface area contributed by atoms with Gasteiger partial charge in [-0.3, -0.25) is 4.90 Å². The molecular weight excluding hydrogens is 206 g/mol. The highest BCUT2D eigenvalue weighted by molar-refractivity contribution is 5.11. The van der Waals surface area contributed by atoms with Crippen molar-refractivity contribution in [3.05, 3.63) is 17.8 Å². The molecule has 0 atom stereocenters. The largest absolute Gasteiger partial charge is 0.480 e. The van der Waals surface area contributed by atoms with Crippen LogP contribution in [-0.2, 0) is 6.54 Å². The van der Waals surface area contributed by atoms with Crippen molar-refractivity contribution in [1.82, 2.24) is 15.1 Å². The monoisotopic (exact) mass is 223 g/mol. The van der Waals surface area contributed by atoms with E-state index in [4.69, 9.17) is 9.84 Å². The first kappa shape index (κ1) is 11.3. The van der Waals surface area contributed by atoms with Crippen LogP contribution in [0.2, 0.25) is 0 Å². The molecular formula is C11H17N3O2. The lowest BCUT2D eigenvalue weighted by molar-refractivity contribution is 0.181. The molecule has 88 valence electrons. The number of aliphatic hydroxyl groups is 1. The van der Waals surface area contributed by atoms with Crippen LogP contribution < -0.4 is 4.74 Å². The van der Waals surface area contributed by atoms with Crippen molar-refractivity contribution in [2.45, 2.75) is 25.4 Å². The standard InChI is InChI=1S/C11H17N3O2/c1-16-11-5-2-9(12-13-11)8-14(6-7-15)10-3-4-10/h2,5,10,15H,3-4,6-8H2,1H3. The van der Waals surface area contributed by atoms with Crippen LogP contribution in [0.15, 0.2) is 12.1 Å². The SMILES string of the molecule is COc1ccc(CN(CCO)C2CC2)nn1. The average Bonchev–Trinajstić information content (AvgIpc) is 3.13. The minimum Gasteiger partial charge on any atom is -0.480 e. The van der Waals surface area contributed by atoms with Gasteiger partial charge < -0.3 is 9.84 Å². The zero-order chi connectivity index (χ0) is 11.4. The average molecular weight is 223 g/mol. The minimum atomic E-state index is 0.195. The molecule has 0 aliphatic heterocycles. The molecule has 1 aromatic rings. The normalized spacial score (nSPS) is 15.4. The number of aromatic nitrogens is 2. The summed E-state index contributed by atoms with van der Waals surface area (Å²) in [7, 11) is 1.58. The lowest BCUT2D eigenvalue weighted by atomic mass is 10.3. The van der Waals surface area contributed by atoms with Crippen LogP contribution in [0, 0.1) is 0 Å². The minimum absolute atomic E-state index is 0.195. The molecule has 0 amide bonds. The highest BCUT2D eigenvalue weighted by Gasteiger charge is 2.28. The number of aliphatic hydroxyl groups excluding tert-OH is 1. The van der Waals surface area contributed by atoms with Crippen molar-refractivity contribution in [1.29, 1.82) is 0 Å². The second-order valence-corrected chi connectivity index (χ2v) is 3.99. The number of nitrogens with zero attached hydrogens (tertiary/aromatic N) is 3. The molecule has 1 aliphatic rings. The summed E-state index contributed by atoms with van der Waals surface area (Å²) in [4.78, 5) is 2.25. The molecule has 5 nitrogen and oxygen atoms in total. The molecule has 1 N–H and O–H groups in total. The van der Waals surface area contributed by atoms with Gasteiger partial charge in [0.15, 0.2) is 0 Å². The Morgan fingerprint density at radius 3 is 2.75 bits per heavy atom. The Hall–Kier alpha value is -1.20. The molecule has 1 saturated carbocycles. The third-order valence-corrected chi connectivity index (χ3v) is 2.72. The molecule has 0 aromatic carbocycles. The molecule has 0 unspecified atom stereocenters. The third kappa shape index (κ3) is 2.90. The maximum atomic E-state index is 8.98. The number of ether oxygens (including phenoxy) is 1. The van der Waals surface area contributed by atoms with Gasteiger partial charge in [0.05, 0.1) is 19.4 Å². The molecule has 0 spiro atoms. The van der Waals surface area contributed by atoms with Crippen molar-refractivity contribution in [3.8, 4) is 5.88 Å². The van der Waals surface area contributed by atoms with E-state index in [0.717, 1.165) is 12.2 Å². The Bertz CT molecular complexity index is 325. The van der Waals surface area contributed by atoms with Gasteiger partial charge in [-0.2, -0.15) is 5.10 Å². The predicted octanol–water partition coefficient (Wildman–Crippen LogP) is 0.442. The van der Waals surface area contributed by atoms with Gasteiger partial charge in [0.2, 0.25) is 5.88 Å². The Balaban J connectivity index is 1.94. The van der Waals surface area contributed by atoms with Gasteiger partial charge in [-0.1, -0.05) is 0 Å². The molecule has 2 rings (SSSR count). The number of rotatable bonds is 6. The van der Waals surface area contributed by atoms with Gasteiger partial charge in [0, 0.05) is 25.2 Å². The van der Waals surface area contributed by atoms with E-state index < -0.39 is 0 Å². The molecule has 1 aliphatic carbocycles. The Morgan fingerprint density at radius 1 is 1.44 bits per heavy atom. The molecule has 1 heterocycles. The molecule has 1 fully saturated rings. The van der Waals surface area contributed by atoms with Crippen molar-refractivity contribution < 1.29 is 9.84 Å². The highest BCUT2D eigenvalue weighted by atomic mass is 16.5. The fraction of sp³-hybridized carbons (Fsp3) is 0.636. The summed E-state index contributed by atoms with van der Waals surface area (Å²) in [5.74, 6) is 0.531. The first-order chi connectivity index (χ1) is 7.83. The van der Waals surface area contributed by atoms with Gasteiger partial charge >= 0.3 is 0 Å². The Kier molecular flexibility index (Phi) is 3.69. The van der Waals surface area contributed by atoms with E-state index in [0.29, 0.717) is 18.5 Å². The Morgan fingerprint density at radius 2 is 2.25 bits per heavy atom. The van der Waals surface area contributed by atoms with Crippen LogP contribution in [0.3, 0.4) is 0 Å². The first-order valence-electron chi connectivity index (χ1n) is 5.55. The van der Waals surface area contributed by atoms with Crippen molar-refractivity contribution in [2.24, 2.45) is 0 Å². The fourth-order valence-electron chi connectivity index (χ4n) is 1.71. The second-order valence-electron chi connectivity index (χ2n) is 3.99. The predicted molar refractivity (Wildman–Crippen MR) is 59.1 cm³/mol. The van der Waals surface area contributed by atoms with Crippen molar-refractivity contribution in [2.75, 3.05) is 20.3 Å². The van der Waals surface area contributed by atoms with Gasteiger partial charge in [0.1, 0.15) is 0 Å². The van der Waals surface area contributed by atoms with Crippen LogP contribution in [0.4, 0.5) is 0 Å². The van der Waals surface area contributed by atoms with E-state index in [1.807, 2.05) is 12.1 Å². The van der Waals surface area contributed by atoms with Crippen LogP contribution in [0.1, 0.15) is 18.5 Å². The number of hydrogen-bond donors (Lipinski definition) is 1. The molecule has 0 bridgehead atoms. The fourth-order valence-corrected chi connectivity index (χ4v) is 1.71. The van der Waals surface area contributed by atoms with E-state index in [1.54, 1.807) is 7.11 Å². The zero-order valence-corrected chi connectivity index (χ0v) is 9.46. The molecule has 1 aromatic heterocycles. The van der Waals surface area contributed by atoms with Crippen molar-refractivity contribution >= 4 is 0 Å². The van der Waals surface area contributed by atoms with Crippen LogP contribution >= 0.6 is 0 Å². The quantitative estimate of drug-likeness (QED) is 0.758. The lowest BCUT2D eigenvalue weighted by Crippen LogP contribution is -2.29. The molecule has 16 heavy (non-hydrogen) atoms. The van der Waals surface area contributed by atoms with E-state index in [1.165, 1.54) is 12.8 Å². The summed E-state index contributed by atoms with van der Waals surface area (Å²) in [6.45, 7) is 1.65. The van der Waals surface area contributed by atoms with Crippen LogP contribution in [0.25, 0.3) is 0 Å². The summed E-state index contributed by atoms with van der Waals surface area (Å²) >= 11 is 0. The van der Waals surface area contributed by atoms with E-state index in [2.05, 4.69) is 15.1 Å². The van der Waals surface area contributed by atoms with E-state index in [-0.39, 0.29) is 6.61 Å². The summed E-state index contributed by atoms with van der Waals surface area (Å²) in [5.41, 5.74) is 0.918. The molecule has 0 saturated heterocycles. The molecule has 5 heteroatoms. The summed E-state index contributed by atoms with van der Waals surface area (Å²) in [6.07, 6.45) is 2.45. The zero-order valence-electron chi connectivity index (χ0n) is 9.46. The summed E-state index contributed by atoms with van der Waals surface area (Å²) in [6, 6.07) is 4.35. The Labute approximate surface area is 95.1 Å². The maximum Gasteiger partial charge on any atom is 0.233 e. The van der Waals surface area contributed by atoms with Gasteiger partial charge in [-0.05, 0) is 18.9 Å². The molecule has 0 radical (unpaired) electrons.